The normalized spacial score (nSPS) is 14.4. The molecule has 5 heteroatoms. The number of amides is 1. The van der Waals surface area contributed by atoms with Gasteiger partial charge in [-0.25, -0.2) is 0 Å². The number of hydrogen-bond donors (Lipinski definition) is 3. The van der Waals surface area contributed by atoms with Gasteiger partial charge in [0.2, 0.25) is 0 Å². The third-order valence-electron chi connectivity index (χ3n) is 3.50. The standard InChI is InChI=1S/C14H21N3O2/c1-4-14(2,3)8-16-10-6-11-12(5-9(10)15)19-7-13(18)17-11/h5-6,16H,4,7-8,15H2,1-3H3,(H,17,18). The quantitative estimate of drug-likeness (QED) is 0.729. The van der Waals surface area contributed by atoms with Crippen molar-refractivity contribution in [2.45, 2.75) is 27.2 Å². The first-order valence-corrected chi connectivity index (χ1v) is 6.51. The molecule has 0 saturated heterocycles. The third kappa shape index (κ3) is 3.10. The minimum absolute atomic E-state index is 0.0437. The highest BCUT2D eigenvalue weighted by atomic mass is 16.5. The molecule has 1 aliphatic heterocycles. The third-order valence-corrected chi connectivity index (χ3v) is 3.50. The average molecular weight is 263 g/mol. The van der Waals surface area contributed by atoms with Gasteiger partial charge in [-0.3, -0.25) is 4.79 Å². The first kappa shape index (κ1) is 13.5. The number of hydrogen-bond acceptors (Lipinski definition) is 4. The molecule has 0 saturated carbocycles. The lowest BCUT2D eigenvalue weighted by Gasteiger charge is -2.25. The highest BCUT2D eigenvalue weighted by Gasteiger charge is 2.19. The molecule has 0 atom stereocenters. The average Bonchev–Trinajstić information content (AvgIpc) is 2.37. The summed E-state index contributed by atoms with van der Waals surface area (Å²) in [6.45, 7) is 7.41. The van der Waals surface area contributed by atoms with Crippen LogP contribution in [0.2, 0.25) is 0 Å². The molecule has 1 aromatic rings. The van der Waals surface area contributed by atoms with Crippen molar-refractivity contribution < 1.29 is 9.53 Å². The van der Waals surface area contributed by atoms with Crippen LogP contribution in [-0.2, 0) is 4.79 Å². The molecule has 4 N–H and O–H groups in total. The zero-order chi connectivity index (χ0) is 14.0. The van der Waals surface area contributed by atoms with Crippen LogP contribution in [0.5, 0.6) is 5.75 Å². The molecule has 5 nitrogen and oxygen atoms in total. The van der Waals surface area contributed by atoms with Gasteiger partial charge in [0, 0.05) is 12.6 Å². The Bertz CT molecular complexity index is 498. The van der Waals surface area contributed by atoms with E-state index in [0.29, 0.717) is 17.1 Å². The van der Waals surface area contributed by atoms with Crippen molar-refractivity contribution in [2.24, 2.45) is 5.41 Å². The molecule has 19 heavy (non-hydrogen) atoms. The predicted molar refractivity (Wildman–Crippen MR) is 77.5 cm³/mol. The van der Waals surface area contributed by atoms with Gasteiger partial charge in [0.05, 0.1) is 17.1 Å². The summed E-state index contributed by atoms with van der Waals surface area (Å²) in [5.41, 5.74) is 8.31. The fourth-order valence-electron chi connectivity index (χ4n) is 1.75. The van der Waals surface area contributed by atoms with Gasteiger partial charge in [0.25, 0.3) is 5.91 Å². The Morgan fingerprint density at radius 2 is 2.21 bits per heavy atom. The predicted octanol–water partition coefficient (Wildman–Crippen LogP) is 2.45. The largest absolute Gasteiger partial charge is 0.482 e. The number of nitrogens with one attached hydrogen (secondary N) is 2. The minimum atomic E-state index is -0.142. The topological polar surface area (TPSA) is 76.4 Å². The van der Waals surface area contributed by atoms with Gasteiger partial charge >= 0.3 is 0 Å². The van der Waals surface area contributed by atoms with E-state index in [9.17, 15) is 4.79 Å². The molecule has 0 aliphatic carbocycles. The Balaban J connectivity index is 2.18. The number of benzene rings is 1. The Labute approximate surface area is 113 Å². The monoisotopic (exact) mass is 263 g/mol. The summed E-state index contributed by atoms with van der Waals surface area (Å²) in [5, 5.41) is 6.12. The zero-order valence-corrected chi connectivity index (χ0v) is 11.7. The first-order chi connectivity index (χ1) is 8.91. The summed E-state index contributed by atoms with van der Waals surface area (Å²) in [4.78, 5) is 11.3. The van der Waals surface area contributed by atoms with Gasteiger partial charge < -0.3 is 21.1 Å². The molecule has 1 aromatic carbocycles. The van der Waals surface area contributed by atoms with E-state index in [4.69, 9.17) is 10.5 Å². The molecule has 104 valence electrons. The smallest absolute Gasteiger partial charge is 0.262 e. The number of nitrogen functional groups attached to an aromatic ring is 1. The van der Waals surface area contributed by atoms with Crippen molar-refractivity contribution in [3.63, 3.8) is 0 Å². The van der Waals surface area contributed by atoms with Crippen LogP contribution in [0.25, 0.3) is 0 Å². The van der Waals surface area contributed by atoms with Crippen molar-refractivity contribution in [1.29, 1.82) is 0 Å². The SMILES string of the molecule is CCC(C)(C)CNc1cc2c(cc1N)OCC(=O)N2. The second-order valence-electron chi connectivity index (χ2n) is 5.64. The van der Waals surface area contributed by atoms with E-state index in [-0.39, 0.29) is 17.9 Å². The summed E-state index contributed by atoms with van der Waals surface area (Å²) < 4.78 is 5.32. The lowest BCUT2D eigenvalue weighted by atomic mass is 9.90. The molecular formula is C14H21N3O2. The molecule has 0 unspecified atom stereocenters. The maximum Gasteiger partial charge on any atom is 0.262 e. The second kappa shape index (κ2) is 4.99. The first-order valence-electron chi connectivity index (χ1n) is 6.51. The maximum absolute atomic E-state index is 11.3. The second-order valence-corrected chi connectivity index (χ2v) is 5.64. The van der Waals surface area contributed by atoms with Crippen LogP contribution in [0, 0.1) is 5.41 Å². The van der Waals surface area contributed by atoms with Crippen LogP contribution in [0.3, 0.4) is 0 Å². The van der Waals surface area contributed by atoms with E-state index < -0.39 is 0 Å². The lowest BCUT2D eigenvalue weighted by molar-refractivity contribution is -0.118. The number of carbonyl (C=O) groups is 1. The summed E-state index contributed by atoms with van der Waals surface area (Å²) >= 11 is 0. The summed E-state index contributed by atoms with van der Waals surface area (Å²) in [6.07, 6.45) is 1.07. The zero-order valence-electron chi connectivity index (χ0n) is 11.7. The molecule has 1 heterocycles. The van der Waals surface area contributed by atoms with Gasteiger partial charge in [0.15, 0.2) is 6.61 Å². The van der Waals surface area contributed by atoms with Crippen molar-refractivity contribution in [3.05, 3.63) is 12.1 Å². The van der Waals surface area contributed by atoms with Crippen LogP contribution < -0.4 is 21.1 Å². The van der Waals surface area contributed by atoms with Gasteiger partial charge in [0.1, 0.15) is 5.75 Å². The minimum Gasteiger partial charge on any atom is -0.482 e. The van der Waals surface area contributed by atoms with E-state index in [1.807, 2.05) is 6.07 Å². The van der Waals surface area contributed by atoms with Gasteiger partial charge in [-0.1, -0.05) is 20.8 Å². The molecule has 1 aliphatic rings. The molecule has 0 aromatic heterocycles. The number of ether oxygens (including phenoxy) is 1. The Morgan fingerprint density at radius 3 is 2.89 bits per heavy atom. The summed E-state index contributed by atoms with van der Waals surface area (Å²) in [6, 6.07) is 3.57. The molecular weight excluding hydrogens is 242 g/mol. The van der Waals surface area contributed by atoms with E-state index in [0.717, 1.165) is 18.7 Å². The number of carbonyl (C=O) groups excluding carboxylic acids is 1. The molecule has 0 spiro atoms. The van der Waals surface area contributed by atoms with Gasteiger partial charge in [-0.15, -0.1) is 0 Å². The van der Waals surface area contributed by atoms with Gasteiger partial charge in [-0.2, -0.15) is 0 Å². The van der Waals surface area contributed by atoms with E-state index >= 15 is 0 Å². The Morgan fingerprint density at radius 1 is 1.47 bits per heavy atom. The maximum atomic E-state index is 11.3. The lowest BCUT2D eigenvalue weighted by Crippen LogP contribution is -2.26. The highest BCUT2D eigenvalue weighted by Crippen LogP contribution is 2.35. The molecule has 0 fully saturated rings. The van der Waals surface area contributed by atoms with Crippen LogP contribution >= 0.6 is 0 Å². The number of anilines is 3. The van der Waals surface area contributed by atoms with E-state index in [1.165, 1.54) is 0 Å². The molecule has 0 radical (unpaired) electrons. The summed E-state index contributed by atoms with van der Waals surface area (Å²) in [5.74, 6) is 0.481. The van der Waals surface area contributed by atoms with Crippen molar-refractivity contribution in [2.75, 3.05) is 29.5 Å². The van der Waals surface area contributed by atoms with Crippen LogP contribution in [-0.4, -0.2) is 19.1 Å². The Kier molecular flexibility index (Phi) is 3.55. The van der Waals surface area contributed by atoms with Crippen molar-refractivity contribution in [1.82, 2.24) is 0 Å². The summed E-state index contributed by atoms with van der Waals surface area (Å²) in [7, 11) is 0. The fourth-order valence-corrected chi connectivity index (χ4v) is 1.75. The fraction of sp³-hybridized carbons (Fsp3) is 0.500. The van der Waals surface area contributed by atoms with E-state index in [2.05, 4.69) is 31.4 Å². The number of fused-ring (bicyclic) bond motifs is 1. The molecule has 2 rings (SSSR count). The van der Waals surface area contributed by atoms with Crippen LogP contribution in [0.15, 0.2) is 12.1 Å². The van der Waals surface area contributed by atoms with E-state index in [1.54, 1.807) is 6.07 Å². The van der Waals surface area contributed by atoms with Crippen LogP contribution in [0.1, 0.15) is 27.2 Å². The highest BCUT2D eigenvalue weighted by molar-refractivity contribution is 5.97. The Hall–Kier alpha value is -1.91. The van der Waals surface area contributed by atoms with Crippen LogP contribution in [0.4, 0.5) is 17.1 Å². The number of rotatable bonds is 4. The number of nitrogens with two attached hydrogens (primary N) is 1. The van der Waals surface area contributed by atoms with Crippen molar-refractivity contribution >= 4 is 23.0 Å². The van der Waals surface area contributed by atoms with Gasteiger partial charge in [-0.05, 0) is 17.9 Å². The molecule has 0 bridgehead atoms. The van der Waals surface area contributed by atoms with Crippen molar-refractivity contribution in [3.8, 4) is 5.75 Å². The molecule has 1 amide bonds.